The molecule has 17 heavy (non-hydrogen) atoms. The highest BCUT2D eigenvalue weighted by atomic mass is 16.5. The van der Waals surface area contributed by atoms with Crippen molar-refractivity contribution in [2.24, 2.45) is 5.73 Å². The minimum absolute atomic E-state index is 0.0586. The van der Waals surface area contributed by atoms with Crippen molar-refractivity contribution in [1.82, 2.24) is 5.32 Å². The van der Waals surface area contributed by atoms with Gasteiger partial charge in [0.1, 0.15) is 5.75 Å². The zero-order chi connectivity index (χ0) is 12.8. The van der Waals surface area contributed by atoms with E-state index in [1.165, 1.54) is 0 Å². The molecule has 0 heterocycles. The molecule has 0 aliphatic rings. The Balaban J connectivity index is 2.95. The van der Waals surface area contributed by atoms with Gasteiger partial charge < -0.3 is 15.8 Å². The fourth-order valence-corrected chi connectivity index (χ4v) is 1.47. The topological polar surface area (TPSA) is 107 Å². The minimum Gasteiger partial charge on any atom is -0.495 e. The maximum absolute atomic E-state index is 7.60. The van der Waals surface area contributed by atoms with E-state index in [0.29, 0.717) is 5.75 Å². The monoisotopic (exact) mass is 235 g/mol. The van der Waals surface area contributed by atoms with Gasteiger partial charge in [-0.15, -0.1) is 0 Å². The second-order valence-electron chi connectivity index (χ2n) is 3.39. The van der Waals surface area contributed by atoms with Crippen LogP contribution in [0.25, 0.3) is 0 Å². The van der Waals surface area contributed by atoms with Gasteiger partial charge in [0.25, 0.3) is 0 Å². The molecule has 0 saturated carbocycles. The molecule has 1 aromatic carbocycles. The van der Waals surface area contributed by atoms with E-state index in [1.807, 2.05) is 25.1 Å². The minimum atomic E-state index is -0.282. The Labute approximate surface area is 100 Å². The van der Waals surface area contributed by atoms with Crippen LogP contribution >= 0.6 is 0 Å². The Morgan fingerprint density at radius 1 is 1.41 bits per heavy atom. The van der Waals surface area contributed by atoms with Gasteiger partial charge in [0.15, 0.2) is 11.9 Å². The molecule has 0 saturated heterocycles. The molecule has 0 fully saturated rings. The Bertz CT molecular complexity index is 408. The van der Waals surface area contributed by atoms with E-state index in [-0.39, 0.29) is 11.9 Å². The number of methoxy groups -OCH3 is 1. The molecule has 0 aliphatic heterocycles. The predicted molar refractivity (Wildman–Crippen MR) is 68.8 cm³/mol. The highest BCUT2D eigenvalue weighted by Gasteiger charge is 2.09. The Kier molecular flexibility index (Phi) is 4.33. The van der Waals surface area contributed by atoms with Crippen LogP contribution in [0.5, 0.6) is 5.75 Å². The molecule has 0 atom stereocenters. The van der Waals surface area contributed by atoms with Gasteiger partial charge in [0, 0.05) is 0 Å². The van der Waals surface area contributed by atoms with Crippen LogP contribution < -0.4 is 21.1 Å². The number of guanidine groups is 2. The maximum atomic E-state index is 7.60. The average Bonchev–Trinajstić information content (AvgIpc) is 2.28. The summed E-state index contributed by atoms with van der Waals surface area (Å²) < 4.78 is 5.22. The Morgan fingerprint density at radius 2 is 2.12 bits per heavy atom. The van der Waals surface area contributed by atoms with Crippen LogP contribution in [0.1, 0.15) is 12.5 Å². The van der Waals surface area contributed by atoms with Crippen LogP contribution in [0.3, 0.4) is 0 Å². The highest BCUT2D eigenvalue weighted by Crippen LogP contribution is 2.28. The molecular formula is C11H17N5O. The SMILES string of the molecule is CCc1cccc(OC)c1NC(=N)NC(=N)N. The Hall–Kier alpha value is -2.24. The zero-order valence-electron chi connectivity index (χ0n) is 9.92. The van der Waals surface area contributed by atoms with Crippen LogP contribution in [0.4, 0.5) is 5.69 Å². The van der Waals surface area contributed by atoms with E-state index >= 15 is 0 Å². The van der Waals surface area contributed by atoms with Crippen molar-refractivity contribution in [2.75, 3.05) is 12.4 Å². The van der Waals surface area contributed by atoms with Gasteiger partial charge in [-0.3, -0.25) is 16.1 Å². The van der Waals surface area contributed by atoms with E-state index in [4.69, 9.17) is 21.3 Å². The third-order valence-corrected chi connectivity index (χ3v) is 2.22. The summed E-state index contributed by atoms with van der Waals surface area (Å²) in [4.78, 5) is 0. The summed E-state index contributed by atoms with van der Waals surface area (Å²) in [5.41, 5.74) is 6.89. The van der Waals surface area contributed by atoms with Gasteiger partial charge in [0.2, 0.25) is 0 Å². The molecule has 0 aromatic heterocycles. The molecule has 0 bridgehead atoms. The fourth-order valence-electron chi connectivity index (χ4n) is 1.47. The molecule has 0 unspecified atom stereocenters. The largest absolute Gasteiger partial charge is 0.495 e. The van der Waals surface area contributed by atoms with Crippen molar-refractivity contribution < 1.29 is 4.74 Å². The molecule has 0 spiro atoms. The van der Waals surface area contributed by atoms with Gasteiger partial charge in [-0.25, -0.2) is 0 Å². The quantitative estimate of drug-likeness (QED) is 0.399. The maximum Gasteiger partial charge on any atom is 0.199 e. The van der Waals surface area contributed by atoms with Crippen molar-refractivity contribution in [1.29, 1.82) is 10.8 Å². The summed E-state index contributed by atoms with van der Waals surface area (Å²) in [5, 5.41) is 19.9. The summed E-state index contributed by atoms with van der Waals surface area (Å²) in [7, 11) is 1.57. The predicted octanol–water partition coefficient (Wildman–Crippen LogP) is 1.09. The molecule has 6 nitrogen and oxygen atoms in total. The highest BCUT2D eigenvalue weighted by molar-refractivity contribution is 6.03. The molecule has 0 aliphatic carbocycles. The first kappa shape index (κ1) is 12.8. The number of nitrogens with two attached hydrogens (primary N) is 1. The molecule has 6 N–H and O–H groups in total. The fraction of sp³-hybridized carbons (Fsp3) is 0.273. The first-order chi connectivity index (χ1) is 8.08. The molecule has 1 rings (SSSR count). The normalized spacial score (nSPS) is 9.53. The number of para-hydroxylation sites is 1. The average molecular weight is 235 g/mol. The van der Waals surface area contributed by atoms with E-state index < -0.39 is 0 Å². The first-order valence-electron chi connectivity index (χ1n) is 5.21. The second-order valence-corrected chi connectivity index (χ2v) is 3.39. The van der Waals surface area contributed by atoms with Crippen LogP contribution in [-0.4, -0.2) is 19.0 Å². The molecule has 0 amide bonds. The van der Waals surface area contributed by atoms with Crippen molar-refractivity contribution >= 4 is 17.6 Å². The number of anilines is 1. The summed E-state index contributed by atoms with van der Waals surface area (Å²) in [6.45, 7) is 2.02. The third kappa shape index (κ3) is 3.37. The van der Waals surface area contributed by atoms with Gasteiger partial charge >= 0.3 is 0 Å². The van der Waals surface area contributed by atoms with E-state index in [2.05, 4.69) is 10.6 Å². The van der Waals surface area contributed by atoms with Crippen molar-refractivity contribution in [3.05, 3.63) is 23.8 Å². The zero-order valence-corrected chi connectivity index (χ0v) is 9.92. The van der Waals surface area contributed by atoms with Crippen molar-refractivity contribution in [3.8, 4) is 5.75 Å². The summed E-state index contributed by atoms with van der Waals surface area (Å²) in [6.07, 6.45) is 0.812. The van der Waals surface area contributed by atoms with E-state index in [1.54, 1.807) is 7.11 Å². The summed E-state index contributed by atoms with van der Waals surface area (Å²) in [6, 6.07) is 5.65. The van der Waals surface area contributed by atoms with Crippen LogP contribution in [0, 0.1) is 10.8 Å². The van der Waals surface area contributed by atoms with Gasteiger partial charge in [-0.2, -0.15) is 0 Å². The lowest BCUT2D eigenvalue weighted by atomic mass is 10.1. The number of hydrogen-bond acceptors (Lipinski definition) is 3. The van der Waals surface area contributed by atoms with Crippen molar-refractivity contribution in [2.45, 2.75) is 13.3 Å². The van der Waals surface area contributed by atoms with Crippen LogP contribution in [0.15, 0.2) is 18.2 Å². The molecular weight excluding hydrogens is 218 g/mol. The first-order valence-corrected chi connectivity index (χ1v) is 5.21. The lowest BCUT2D eigenvalue weighted by Gasteiger charge is -2.15. The number of rotatable bonds is 3. The molecule has 0 radical (unpaired) electrons. The Morgan fingerprint density at radius 3 is 2.65 bits per heavy atom. The molecule has 92 valence electrons. The van der Waals surface area contributed by atoms with Crippen molar-refractivity contribution in [3.63, 3.8) is 0 Å². The number of ether oxygens (including phenoxy) is 1. The summed E-state index contributed by atoms with van der Waals surface area (Å²) >= 11 is 0. The molecule has 6 heteroatoms. The van der Waals surface area contributed by atoms with Crippen LogP contribution in [0.2, 0.25) is 0 Å². The smallest absolute Gasteiger partial charge is 0.199 e. The van der Waals surface area contributed by atoms with E-state index in [0.717, 1.165) is 17.7 Å². The standard InChI is InChI=1S/C11H17N5O/c1-3-7-5-4-6-8(17-2)9(7)15-11(14)16-10(12)13/h4-6H,3H2,1-2H3,(H6,12,13,14,15,16). The number of hydrogen-bond donors (Lipinski definition) is 5. The lowest BCUT2D eigenvalue weighted by Crippen LogP contribution is -2.39. The molecule has 1 aromatic rings. The summed E-state index contributed by atoms with van der Waals surface area (Å²) in [5.74, 6) is 0.312. The van der Waals surface area contributed by atoms with E-state index in [9.17, 15) is 0 Å². The van der Waals surface area contributed by atoms with Gasteiger partial charge in [0.05, 0.1) is 12.8 Å². The third-order valence-electron chi connectivity index (χ3n) is 2.22. The number of benzene rings is 1. The second kappa shape index (κ2) is 5.74. The number of aryl methyl sites for hydroxylation is 1. The van der Waals surface area contributed by atoms with Gasteiger partial charge in [-0.05, 0) is 18.1 Å². The lowest BCUT2D eigenvalue weighted by molar-refractivity contribution is 0.416. The van der Waals surface area contributed by atoms with Crippen LogP contribution in [-0.2, 0) is 6.42 Å². The van der Waals surface area contributed by atoms with Gasteiger partial charge in [-0.1, -0.05) is 19.1 Å². The number of nitrogens with one attached hydrogen (secondary N) is 4.